The molecular weight excluding hydrogens is 286 g/mol. The topological polar surface area (TPSA) is 56.7 Å². The molecule has 1 atom stereocenters. The lowest BCUT2D eigenvalue weighted by atomic mass is 9.93. The summed E-state index contributed by atoms with van der Waals surface area (Å²) in [5, 5.41) is 9.92. The molecule has 0 spiro atoms. The number of carboxylic acids is 1. The maximum atomic E-state index is 10.6. The number of rotatable bonds is 4. The number of aryl methyl sites for hydroxylation is 1. The molecule has 1 N–H and O–H groups in total. The van der Waals surface area contributed by atoms with Crippen LogP contribution in [0.4, 0.5) is 5.13 Å². The van der Waals surface area contributed by atoms with Crippen molar-refractivity contribution in [2.45, 2.75) is 32.6 Å². The van der Waals surface area contributed by atoms with Crippen molar-refractivity contribution < 1.29 is 9.90 Å². The van der Waals surface area contributed by atoms with Gasteiger partial charge in [-0.2, -0.15) is 0 Å². The van der Waals surface area contributed by atoms with E-state index in [2.05, 4.69) is 16.7 Å². The normalized spacial score (nSPS) is 23.1. The molecule has 1 saturated heterocycles. The number of fused-ring (bicyclic) bond motifs is 1. The first-order chi connectivity index (χ1) is 10.1. The van der Waals surface area contributed by atoms with E-state index in [9.17, 15) is 4.79 Å². The van der Waals surface area contributed by atoms with Crippen LogP contribution in [0.15, 0.2) is 0 Å². The molecule has 1 aliphatic heterocycles. The second-order valence-corrected chi connectivity index (χ2v) is 7.25. The summed E-state index contributed by atoms with van der Waals surface area (Å²) in [7, 11) is 0. The molecule has 2 aliphatic rings. The van der Waals surface area contributed by atoms with E-state index in [1.807, 2.05) is 11.3 Å². The Bertz CT molecular complexity index is 509. The second-order valence-electron chi connectivity index (χ2n) is 6.19. The predicted molar refractivity (Wildman–Crippen MR) is 84.2 cm³/mol. The van der Waals surface area contributed by atoms with Gasteiger partial charge in [-0.15, -0.1) is 11.3 Å². The van der Waals surface area contributed by atoms with Gasteiger partial charge in [-0.25, -0.2) is 4.98 Å². The fourth-order valence-electron chi connectivity index (χ4n) is 3.08. The van der Waals surface area contributed by atoms with Crippen LogP contribution < -0.4 is 4.90 Å². The lowest BCUT2D eigenvalue weighted by Crippen LogP contribution is -2.46. The summed E-state index contributed by atoms with van der Waals surface area (Å²) < 4.78 is 0. The minimum Gasteiger partial charge on any atom is -0.481 e. The van der Waals surface area contributed by atoms with Crippen LogP contribution in [-0.4, -0.2) is 53.7 Å². The summed E-state index contributed by atoms with van der Waals surface area (Å²) in [5.74, 6) is 0.0813. The first-order valence-electron chi connectivity index (χ1n) is 7.79. The van der Waals surface area contributed by atoms with Gasteiger partial charge in [-0.05, 0) is 25.2 Å². The average molecular weight is 309 g/mol. The Morgan fingerprint density at radius 3 is 2.86 bits per heavy atom. The molecule has 0 saturated carbocycles. The molecule has 1 aliphatic carbocycles. The standard InChI is InChI=1S/C15H23N3O2S/c1-11-2-3-12-13(10-11)21-15(16-12)18-8-6-17(7-9-18)5-4-14(19)20/h11H,2-10H2,1H3,(H,19,20). The van der Waals surface area contributed by atoms with E-state index >= 15 is 0 Å². The van der Waals surface area contributed by atoms with Crippen LogP contribution in [0.3, 0.4) is 0 Å². The van der Waals surface area contributed by atoms with E-state index < -0.39 is 5.97 Å². The lowest BCUT2D eigenvalue weighted by Gasteiger charge is -2.34. The van der Waals surface area contributed by atoms with Crippen molar-refractivity contribution in [1.29, 1.82) is 0 Å². The van der Waals surface area contributed by atoms with E-state index in [-0.39, 0.29) is 6.42 Å². The number of aromatic nitrogens is 1. The summed E-state index contributed by atoms with van der Waals surface area (Å²) in [6, 6.07) is 0. The van der Waals surface area contributed by atoms with Crippen LogP contribution in [0.25, 0.3) is 0 Å². The van der Waals surface area contributed by atoms with E-state index in [0.717, 1.165) is 38.5 Å². The summed E-state index contributed by atoms with van der Waals surface area (Å²) in [6.45, 7) is 6.78. The molecular formula is C15H23N3O2S. The highest BCUT2D eigenvalue weighted by molar-refractivity contribution is 7.15. The second kappa shape index (κ2) is 6.32. The van der Waals surface area contributed by atoms with Crippen molar-refractivity contribution in [2.24, 2.45) is 5.92 Å². The maximum Gasteiger partial charge on any atom is 0.304 e. The van der Waals surface area contributed by atoms with E-state index in [0.29, 0.717) is 6.54 Å². The number of hydrogen-bond donors (Lipinski definition) is 1. The van der Waals surface area contributed by atoms with Gasteiger partial charge in [0.05, 0.1) is 12.1 Å². The third-order valence-electron chi connectivity index (χ3n) is 4.46. The maximum absolute atomic E-state index is 10.6. The van der Waals surface area contributed by atoms with Gasteiger partial charge in [0.25, 0.3) is 0 Å². The van der Waals surface area contributed by atoms with Crippen molar-refractivity contribution in [3.05, 3.63) is 10.6 Å². The highest BCUT2D eigenvalue weighted by Crippen LogP contribution is 2.34. The lowest BCUT2D eigenvalue weighted by molar-refractivity contribution is -0.137. The molecule has 0 radical (unpaired) electrons. The van der Waals surface area contributed by atoms with Crippen molar-refractivity contribution in [3.63, 3.8) is 0 Å². The zero-order chi connectivity index (χ0) is 14.8. The van der Waals surface area contributed by atoms with E-state index in [1.165, 1.54) is 28.5 Å². The number of carboxylic acid groups (broad SMARTS) is 1. The number of anilines is 1. The number of hydrogen-bond acceptors (Lipinski definition) is 5. The number of aliphatic carboxylic acids is 1. The molecule has 5 nitrogen and oxygen atoms in total. The Morgan fingerprint density at radius 2 is 2.14 bits per heavy atom. The van der Waals surface area contributed by atoms with Gasteiger partial charge >= 0.3 is 5.97 Å². The van der Waals surface area contributed by atoms with Gasteiger partial charge in [0, 0.05) is 37.6 Å². The highest BCUT2D eigenvalue weighted by Gasteiger charge is 2.24. The largest absolute Gasteiger partial charge is 0.481 e. The van der Waals surface area contributed by atoms with Crippen LogP contribution >= 0.6 is 11.3 Å². The third kappa shape index (κ3) is 3.55. The molecule has 2 heterocycles. The molecule has 1 aromatic heterocycles. The summed E-state index contributed by atoms with van der Waals surface area (Å²) in [4.78, 5) is 21.5. The average Bonchev–Trinajstić information content (AvgIpc) is 2.88. The van der Waals surface area contributed by atoms with Gasteiger partial charge in [0.15, 0.2) is 5.13 Å². The van der Waals surface area contributed by atoms with Crippen LogP contribution in [0, 0.1) is 5.92 Å². The Labute approximate surface area is 129 Å². The Kier molecular flexibility index (Phi) is 4.45. The number of thiazole rings is 1. The predicted octanol–water partition coefficient (Wildman–Crippen LogP) is 1.86. The molecule has 1 aromatic rings. The molecule has 116 valence electrons. The van der Waals surface area contributed by atoms with Crippen molar-refractivity contribution in [1.82, 2.24) is 9.88 Å². The van der Waals surface area contributed by atoms with Crippen molar-refractivity contribution >= 4 is 22.4 Å². The molecule has 3 rings (SSSR count). The first kappa shape index (κ1) is 14.8. The minimum atomic E-state index is -0.709. The Morgan fingerprint density at radius 1 is 1.38 bits per heavy atom. The quantitative estimate of drug-likeness (QED) is 0.920. The number of nitrogens with zero attached hydrogens (tertiary/aromatic N) is 3. The summed E-state index contributed by atoms with van der Waals surface area (Å²) >= 11 is 1.87. The fraction of sp³-hybridized carbons (Fsp3) is 0.733. The zero-order valence-electron chi connectivity index (χ0n) is 12.5. The summed E-state index contributed by atoms with van der Waals surface area (Å²) in [6.07, 6.45) is 3.82. The van der Waals surface area contributed by atoms with Crippen LogP contribution in [0.2, 0.25) is 0 Å². The third-order valence-corrected chi connectivity index (χ3v) is 5.64. The van der Waals surface area contributed by atoms with E-state index in [4.69, 9.17) is 10.1 Å². The highest BCUT2D eigenvalue weighted by atomic mass is 32.1. The smallest absolute Gasteiger partial charge is 0.304 e. The van der Waals surface area contributed by atoms with Gasteiger partial charge in [-0.1, -0.05) is 6.92 Å². The van der Waals surface area contributed by atoms with Crippen LogP contribution in [0.1, 0.15) is 30.3 Å². The Balaban J connectivity index is 1.56. The SMILES string of the molecule is CC1CCc2nc(N3CCN(CCC(=O)O)CC3)sc2C1. The number of piperazine rings is 1. The zero-order valence-corrected chi connectivity index (χ0v) is 13.4. The molecule has 1 fully saturated rings. The molecule has 0 amide bonds. The molecule has 1 unspecified atom stereocenters. The monoisotopic (exact) mass is 309 g/mol. The summed E-state index contributed by atoms with van der Waals surface area (Å²) in [5.41, 5.74) is 1.32. The van der Waals surface area contributed by atoms with Crippen LogP contribution in [-0.2, 0) is 17.6 Å². The van der Waals surface area contributed by atoms with Gasteiger partial charge in [0.1, 0.15) is 0 Å². The first-order valence-corrected chi connectivity index (χ1v) is 8.61. The molecule has 21 heavy (non-hydrogen) atoms. The molecule has 0 aromatic carbocycles. The van der Waals surface area contributed by atoms with E-state index in [1.54, 1.807) is 0 Å². The Hall–Kier alpha value is -1.14. The van der Waals surface area contributed by atoms with Crippen molar-refractivity contribution in [2.75, 3.05) is 37.6 Å². The van der Waals surface area contributed by atoms with Gasteiger partial charge in [-0.3, -0.25) is 9.69 Å². The fourth-order valence-corrected chi connectivity index (χ4v) is 4.40. The molecule has 6 heteroatoms. The van der Waals surface area contributed by atoms with Crippen molar-refractivity contribution in [3.8, 4) is 0 Å². The number of carbonyl (C=O) groups is 1. The molecule has 0 bridgehead atoms. The van der Waals surface area contributed by atoms with Crippen LogP contribution in [0.5, 0.6) is 0 Å². The van der Waals surface area contributed by atoms with Gasteiger partial charge < -0.3 is 10.0 Å². The van der Waals surface area contributed by atoms with Gasteiger partial charge in [0.2, 0.25) is 0 Å². The minimum absolute atomic E-state index is 0.240.